The van der Waals surface area contributed by atoms with Crippen LogP contribution in [0.15, 0.2) is 24.3 Å². The third-order valence-corrected chi connectivity index (χ3v) is 3.33. The molecule has 1 atom stereocenters. The molecule has 1 fully saturated rings. The number of benzene rings is 1. The summed E-state index contributed by atoms with van der Waals surface area (Å²) in [6, 6.07) is 7.18. The summed E-state index contributed by atoms with van der Waals surface area (Å²) in [6.07, 6.45) is 0. The molecule has 1 aliphatic rings. The standard InChI is InChI=1S/C15H20N2O2/c1-10-5-7-11(8-6-10)17-9-12(18)16-13(14(17)19)15(2,3)4/h5-8,13H,9H2,1-4H3,(H,16,18). The Morgan fingerprint density at radius 3 is 2.26 bits per heavy atom. The molecule has 0 spiro atoms. The van der Waals surface area contributed by atoms with Crippen LogP contribution in [0.4, 0.5) is 5.69 Å². The van der Waals surface area contributed by atoms with Gasteiger partial charge in [-0.1, -0.05) is 38.5 Å². The first-order valence-corrected chi connectivity index (χ1v) is 6.46. The van der Waals surface area contributed by atoms with Gasteiger partial charge < -0.3 is 10.2 Å². The monoisotopic (exact) mass is 260 g/mol. The molecule has 1 saturated heterocycles. The van der Waals surface area contributed by atoms with Gasteiger partial charge in [-0.2, -0.15) is 0 Å². The van der Waals surface area contributed by atoms with E-state index in [9.17, 15) is 9.59 Å². The van der Waals surface area contributed by atoms with Gasteiger partial charge >= 0.3 is 0 Å². The van der Waals surface area contributed by atoms with Gasteiger partial charge in [-0.05, 0) is 24.5 Å². The predicted molar refractivity (Wildman–Crippen MR) is 74.9 cm³/mol. The van der Waals surface area contributed by atoms with Crippen LogP contribution in [-0.4, -0.2) is 24.4 Å². The number of anilines is 1. The summed E-state index contributed by atoms with van der Waals surface area (Å²) >= 11 is 0. The molecule has 1 aromatic carbocycles. The van der Waals surface area contributed by atoms with Crippen molar-refractivity contribution in [1.82, 2.24) is 5.32 Å². The van der Waals surface area contributed by atoms with E-state index in [0.29, 0.717) is 0 Å². The molecule has 1 N–H and O–H groups in total. The Kier molecular flexibility index (Phi) is 3.35. The maximum absolute atomic E-state index is 12.5. The molecule has 0 radical (unpaired) electrons. The number of rotatable bonds is 1. The molecule has 0 aliphatic carbocycles. The average molecular weight is 260 g/mol. The van der Waals surface area contributed by atoms with E-state index >= 15 is 0 Å². The lowest BCUT2D eigenvalue weighted by Gasteiger charge is -2.38. The molecule has 19 heavy (non-hydrogen) atoms. The van der Waals surface area contributed by atoms with Crippen LogP contribution in [0.1, 0.15) is 26.3 Å². The number of aryl methyl sites for hydroxylation is 1. The highest BCUT2D eigenvalue weighted by Gasteiger charge is 2.40. The fraction of sp³-hybridized carbons (Fsp3) is 0.467. The topological polar surface area (TPSA) is 49.4 Å². The number of amides is 2. The molecule has 1 unspecified atom stereocenters. The van der Waals surface area contributed by atoms with Crippen LogP contribution in [-0.2, 0) is 9.59 Å². The summed E-state index contributed by atoms with van der Waals surface area (Å²) in [7, 11) is 0. The summed E-state index contributed by atoms with van der Waals surface area (Å²) in [6.45, 7) is 7.94. The number of nitrogens with one attached hydrogen (secondary N) is 1. The molecule has 1 heterocycles. The fourth-order valence-electron chi connectivity index (χ4n) is 2.18. The highest BCUT2D eigenvalue weighted by Crippen LogP contribution is 2.26. The van der Waals surface area contributed by atoms with E-state index in [1.165, 1.54) is 0 Å². The molecule has 0 saturated carbocycles. The van der Waals surface area contributed by atoms with Crippen molar-refractivity contribution in [3.63, 3.8) is 0 Å². The largest absolute Gasteiger partial charge is 0.342 e. The van der Waals surface area contributed by atoms with Crippen molar-refractivity contribution in [1.29, 1.82) is 0 Å². The van der Waals surface area contributed by atoms with Gasteiger partial charge in [0.25, 0.3) is 5.91 Å². The maximum atomic E-state index is 12.5. The van der Waals surface area contributed by atoms with Gasteiger partial charge in [0.05, 0.1) is 0 Å². The molecular formula is C15H20N2O2. The average Bonchev–Trinajstić information content (AvgIpc) is 2.31. The van der Waals surface area contributed by atoms with E-state index in [2.05, 4.69) is 5.32 Å². The van der Waals surface area contributed by atoms with Crippen LogP contribution in [0.2, 0.25) is 0 Å². The lowest BCUT2D eigenvalue weighted by Crippen LogP contribution is -2.62. The Morgan fingerprint density at radius 1 is 1.16 bits per heavy atom. The zero-order valence-corrected chi connectivity index (χ0v) is 11.9. The Labute approximate surface area is 113 Å². The predicted octanol–water partition coefficient (Wildman–Crippen LogP) is 1.87. The first-order valence-electron chi connectivity index (χ1n) is 6.46. The number of carbonyl (C=O) groups is 2. The smallest absolute Gasteiger partial charge is 0.250 e. The van der Waals surface area contributed by atoms with Crippen molar-refractivity contribution < 1.29 is 9.59 Å². The second-order valence-corrected chi connectivity index (χ2v) is 6.13. The third-order valence-electron chi connectivity index (χ3n) is 3.33. The van der Waals surface area contributed by atoms with E-state index < -0.39 is 6.04 Å². The molecule has 4 nitrogen and oxygen atoms in total. The summed E-state index contributed by atoms with van der Waals surface area (Å²) in [5.74, 6) is -0.156. The summed E-state index contributed by atoms with van der Waals surface area (Å²) in [5, 5.41) is 2.79. The minimum atomic E-state index is -0.477. The summed E-state index contributed by atoms with van der Waals surface area (Å²) < 4.78 is 0. The highest BCUT2D eigenvalue weighted by atomic mass is 16.2. The molecule has 1 aliphatic heterocycles. The molecule has 0 bridgehead atoms. The molecule has 2 rings (SSSR count). The minimum absolute atomic E-state index is 0.0454. The van der Waals surface area contributed by atoms with Crippen LogP contribution in [0.5, 0.6) is 0 Å². The Morgan fingerprint density at radius 2 is 1.74 bits per heavy atom. The summed E-state index contributed by atoms with van der Waals surface area (Å²) in [5.41, 5.74) is 1.61. The lowest BCUT2D eigenvalue weighted by atomic mass is 9.84. The zero-order valence-electron chi connectivity index (χ0n) is 11.9. The molecule has 4 heteroatoms. The van der Waals surface area contributed by atoms with Crippen molar-refractivity contribution in [3.05, 3.63) is 29.8 Å². The van der Waals surface area contributed by atoms with Gasteiger partial charge in [-0.15, -0.1) is 0 Å². The molecule has 102 valence electrons. The van der Waals surface area contributed by atoms with E-state index in [4.69, 9.17) is 0 Å². The normalized spacial score (nSPS) is 20.4. The molecular weight excluding hydrogens is 240 g/mol. The second kappa shape index (κ2) is 4.68. The maximum Gasteiger partial charge on any atom is 0.250 e. The molecule has 2 amide bonds. The number of carbonyl (C=O) groups excluding carboxylic acids is 2. The SMILES string of the molecule is Cc1ccc(N2CC(=O)NC(C(C)(C)C)C2=O)cc1. The van der Waals surface area contributed by atoms with Crippen LogP contribution >= 0.6 is 0 Å². The van der Waals surface area contributed by atoms with Gasteiger partial charge in [0.15, 0.2) is 0 Å². The van der Waals surface area contributed by atoms with Gasteiger partial charge in [0.1, 0.15) is 12.6 Å². The van der Waals surface area contributed by atoms with Gasteiger partial charge in [-0.3, -0.25) is 9.59 Å². The number of hydrogen-bond acceptors (Lipinski definition) is 2. The first kappa shape index (κ1) is 13.6. The van der Waals surface area contributed by atoms with Crippen LogP contribution in [0.3, 0.4) is 0 Å². The highest BCUT2D eigenvalue weighted by molar-refractivity contribution is 6.06. The zero-order chi connectivity index (χ0) is 14.2. The van der Waals surface area contributed by atoms with Crippen molar-refractivity contribution >= 4 is 17.5 Å². The van der Waals surface area contributed by atoms with Gasteiger partial charge in [0, 0.05) is 5.69 Å². The Balaban J connectivity index is 2.32. The third kappa shape index (κ3) is 2.78. The summed E-state index contributed by atoms with van der Waals surface area (Å²) in [4.78, 5) is 25.9. The number of nitrogens with zero attached hydrogens (tertiary/aromatic N) is 1. The van der Waals surface area contributed by atoms with Crippen molar-refractivity contribution in [2.45, 2.75) is 33.7 Å². The fourth-order valence-corrected chi connectivity index (χ4v) is 2.18. The number of hydrogen-bond donors (Lipinski definition) is 1. The van der Waals surface area contributed by atoms with Crippen LogP contribution in [0, 0.1) is 12.3 Å². The van der Waals surface area contributed by atoms with Gasteiger partial charge in [0.2, 0.25) is 5.91 Å². The van der Waals surface area contributed by atoms with Crippen LogP contribution < -0.4 is 10.2 Å². The van der Waals surface area contributed by atoms with Gasteiger partial charge in [-0.25, -0.2) is 0 Å². The Bertz CT molecular complexity index is 500. The van der Waals surface area contributed by atoms with Crippen molar-refractivity contribution in [3.8, 4) is 0 Å². The first-order chi connectivity index (χ1) is 8.79. The van der Waals surface area contributed by atoms with E-state index in [1.807, 2.05) is 52.0 Å². The number of piperazine rings is 1. The van der Waals surface area contributed by atoms with Crippen LogP contribution in [0.25, 0.3) is 0 Å². The van der Waals surface area contributed by atoms with E-state index in [1.54, 1.807) is 4.90 Å². The van der Waals surface area contributed by atoms with E-state index in [0.717, 1.165) is 11.3 Å². The van der Waals surface area contributed by atoms with E-state index in [-0.39, 0.29) is 23.8 Å². The Hall–Kier alpha value is -1.84. The lowest BCUT2D eigenvalue weighted by molar-refractivity contribution is -0.133. The molecule has 1 aromatic rings. The van der Waals surface area contributed by atoms with Crippen molar-refractivity contribution in [2.75, 3.05) is 11.4 Å². The minimum Gasteiger partial charge on any atom is -0.342 e. The molecule has 0 aromatic heterocycles. The van der Waals surface area contributed by atoms with Crippen molar-refractivity contribution in [2.24, 2.45) is 5.41 Å². The second-order valence-electron chi connectivity index (χ2n) is 6.13. The quantitative estimate of drug-likeness (QED) is 0.838.